The summed E-state index contributed by atoms with van der Waals surface area (Å²) in [7, 11) is 0. The van der Waals surface area contributed by atoms with Crippen molar-refractivity contribution in [2.24, 2.45) is 5.73 Å². The molecule has 5 heteroatoms. The topological polar surface area (TPSA) is 64.4 Å². The number of nitrogens with two attached hydrogens (primary N) is 1. The van der Waals surface area contributed by atoms with Crippen molar-refractivity contribution >= 4 is 17.5 Å². The molecule has 0 aliphatic rings. The Labute approximate surface area is 119 Å². The van der Waals surface area contributed by atoms with E-state index in [0.29, 0.717) is 18.0 Å². The minimum absolute atomic E-state index is 0.126. The molecule has 0 spiro atoms. The number of hydrogen-bond donors (Lipinski definition) is 2. The Kier molecular flexibility index (Phi) is 6.67. The molecule has 3 N–H and O–H groups in total. The summed E-state index contributed by atoms with van der Waals surface area (Å²) in [4.78, 5) is 11.6. The summed E-state index contributed by atoms with van der Waals surface area (Å²) in [6.45, 7) is 4.32. The van der Waals surface area contributed by atoms with E-state index in [1.807, 2.05) is 13.8 Å². The van der Waals surface area contributed by atoms with Crippen LogP contribution in [0.1, 0.15) is 26.7 Å². The highest BCUT2D eigenvalue weighted by atomic mass is 35.5. The number of carbonyl (C=O) groups is 1. The molecule has 19 heavy (non-hydrogen) atoms. The molecule has 1 aromatic carbocycles. The number of nitrogens with one attached hydrogen (secondary N) is 1. The molecular formula is C14H21ClN2O2. The Balaban J connectivity index is 2.33. The third-order valence-electron chi connectivity index (χ3n) is 2.65. The van der Waals surface area contributed by atoms with Crippen LogP contribution in [0.15, 0.2) is 24.3 Å². The third kappa shape index (κ3) is 5.94. The fourth-order valence-corrected chi connectivity index (χ4v) is 1.73. The van der Waals surface area contributed by atoms with E-state index >= 15 is 0 Å². The van der Waals surface area contributed by atoms with Gasteiger partial charge in [-0.3, -0.25) is 4.79 Å². The first-order chi connectivity index (χ1) is 9.02. The van der Waals surface area contributed by atoms with Crippen LogP contribution in [0, 0.1) is 0 Å². The molecule has 0 heterocycles. The van der Waals surface area contributed by atoms with Crippen LogP contribution >= 0.6 is 11.6 Å². The molecular weight excluding hydrogens is 264 g/mol. The molecule has 1 aromatic rings. The van der Waals surface area contributed by atoms with Crippen LogP contribution in [0.4, 0.5) is 0 Å². The van der Waals surface area contributed by atoms with Gasteiger partial charge in [-0.15, -0.1) is 0 Å². The van der Waals surface area contributed by atoms with Gasteiger partial charge in [0.05, 0.1) is 12.6 Å². The number of hydrogen-bond acceptors (Lipinski definition) is 3. The minimum Gasteiger partial charge on any atom is -0.489 e. The second kappa shape index (κ2) is 8.02. The van der Waals surface area contributed by atoms with Crippen molar-refractivity contribution in [3.8, 4) is 5.75 Å². The maximum absolute atomic E-state index is 11.6. The Hall–Kier alpha value is -1.26. The van der Waals surface area contributed by atoms with Gasteiger partial charge in [0.2, 0.25) is 5.91 Å². The normalized spacial score (nSPS) is 13.7. The van der Waals surface area contributed by atoms with E-state index in [1.54, 1.807) is 24.3 Å². The first-order valence-corrected chi connectivity index (χ1v) is 6.86. The first kappa shape index (κ1) is 15.8. The maximum Gasteiger partial charge on any atom is 0.237 e. The molecule has 2 unspecified atom stereocenters. The zero-order valence-corrected chi connectivity index (χ0v) is 12.1. The predicted molar refractivity (Wildman–Crippen MR) is 77.4 cm³/mol. The van der Waals surface area contributed by atoms with Gasteiger partial charge >= 0.3 is 0 Å². The molecule has 106 valence electrons. The van der Waals surface area contributed by atoms with Gasteiger partial charge in [0.15, 0.2) is 0 Å². The van der Waals surface area contributed by atoms with Crippen molar-refractivity contribution in [1.29, 1.82) is 0 Å². The minimum atomic E-state index is -0.437. The maximum atomic E-state index is 11.6. The summed E-state index contributed by atoms with van der Waals surface area (Å²) in [5.41, 5.74) is 5.72. The van der Waals surface area contributed by atoms with Gasteiger partial charge in [-0.2, -0.15) is 0 Å². The number of benzene rings is 1. The lowest BCUT2D eigenvalue weighted by atomic mass is 10.1. The van der Waals surface area contributed by atoms with Crippen molar-refractivity contribution in [1.82, 2.24) is 5.32 Å². The van der Waals surface area contributed by atoms with E-state index in [2.05, 4.69) is 5.32 Å². The average molecular weight is 285 g/mol. The standard InChI is InChI=1S/C14H21ClN2O2/c1-3-4-13(16)14(18)17-9-10(2)19-12-7-5-11(15)6-8-12/h5-8,10,13H,3-4,9,16H2,1-2H3,(H,17,18). The van der Waals surface area contributed by atoms with Crippen molar-refractivity contribution in [3.63, 3.8) is 0 Å². The zero-order valence-electron chi connectivity index (χ0n) is 11.4. The lowest BCUT2D eigenvalue weighted by Crippen LogP contribution is -2.43. The molecule has 0 saturated heterocycles. The molecule has 1 amide bonds. The monoisotopic (exact) mass is 284 g/mol. The highest BCUT2D eigenvalue weighted by Gasteiger charge is 2.13. The van der Waals surface area contributed by atoms with Crippen LogP contribution in [-0.4, -0.2) is 24.6 Å². The van der Waals surface area contributed by atoms with E-state index in [1.165, 1.54) is 0 Å². The molecule has 0 fully saturated rings. The van der Waals surface area contributed by atoms with Crippen LogP contribution in [-0.2, 0) is 4.79 Å². The van der Waals surface area contributed by atoms with E-state index in [-0.39, 0.29) is 12.0 Å². The second-order valence-corrected chi connectivity index (χ2v) is 4.96. The average Bonchev–Trinajstić information content (AvgIpc) is 2.39. The summed E-state index contributed by atoms with van der Waals surface area (Å²) in [6, 6.07) is 6.68. The van der Waals surface area contributed by atoms with Crippen molar-refractivity contribution in [3.05, 3.63) is 29.3 Å². The van der Waals surface area contributed by atoms with Gasteiger partial charge in [0, 0.05) is 5.02 Å². The lowest BCUT2D eigenvalue weighted by molar-refractivity contribution is -0.122. The SMILES string of the molecule is CCCC(N)C(=O)NCC(C)Oc1ccc(Cl)cc1. The van der Waals surface area contributed by atoms with Crippen LogP contribution in [0.3, 0.4) is 0 Å². The van der Waals surface area contributed by atoms with Gasteiger partial charge in [-0.05, 0) is 37.6 Å². The molecule has 0 aromatic heterocycles. The molecule has 0 aliphatic carbocycles. The highest BCUT2D eigenvalue weighted by Crippen LogP contribution is 2.16. The number of amides is 1. The van der Waals surface area contributed by atoms with Gasteiger partial charge in [0.25, 0.3) is 0 Å². The Bertz CT molecular complexity index is 395. The number of carbonyl (C=O) groups excluding carboxylic acids is 1. The van der Waals surface area contributed by atoms with E-state index in [9.17, 15) is 4.79 Å². The number of rotatable bonds is 7. The van der Waals surface area contributed by atoms with Crippen LogP contribution < -0.4 is 15.8 Å². The Morgan fingerprint density at radius 2 is 2.05 bits per heavy atom. The second-order valence-electron chi connectivity index (χ2n) is 4.52. The smallest absolute Gasteiger partial charge is 0.237 e. The largest absolute Gasteiger partial charge is 0.489 e. The van der Waals surface area contributed by atoms with Crippen molar-refractivity contribution in [2.45, 2.75) is 38.8 Å². The first-order valence-electron chi connectivity index (χ1n) is 6.48. The highest BCUT2D eigenvalue weighted by molar-refractivity contribution is 6.30. The molecule has 0 saturated carbocycles. The molecule has 2 atom stereocenters. The summed E-state index contributed by atoms with van der Waals surface area (Å²) in [6.07, 6.45) is 1.46. The molecule has 0 radical (unpaired) electrons. The summed E-state index contributed by atoms with van der Waals surface area (Å²) >= 11 is 5.79. The fourth-order valence-electron chi connectivity index (χ4n) is 1.60. The summed E-state index contributed by atoms with van der Waals surface area (Å²) in [5.74, 6) is 0.595. The van der Waals surface area contributed by atoms with Crippen molar-refractivity contribution < 1.29 is 9.53 Å². The number of ether oxygens (including phenoxy) is 1. The number of halogens is 1. The fraction of sp³-hybridized carbons (Fsp3) is 0.500. The van der Waals surface area contributed by atoms with Gasteiger partial charge in [-0.1, -0.05) is 24.9 Å². The molecule has 0 bridgehead atoms. The van der Waals surface area contributed by atoms with Gasteiger partial charge < -0.3 is 15.8 Å². The molecule has 4 nitrogen and oxygen atoms in total. The summed E-state index contributed by atoms with van der Waals surface area (Å²) in [5, 5.41) is 3.45. The van der Waals surface area contributed by atoms with Crippen LogP contribution in [0.2, 0.25) is 5.02 Å². The molecule has 0 aliphatic heterocycles. The van der Waals surface area contributed by atoms with E-state index in [4.69, 9.17) is 22.1 Å². The Morgan fingerprint density at radius 1 is 1.42 bits per heavy atom. The van der Waals surface area contributed by atoms with E-state index in [0.717, 1.165) is 12.2 Å². The van der Waals surface area contributed by atoms with Crippen LogP contribution in [0.5, 0.6) is 5.75 Å². The Morgan fingerprint density at radius 3 is 2.63 bits per heavy atom. The molecule has 1 rings (SSSR count). The van der Waals surface area contributed by atoms with Crippen LogP contribution in [0.25, 0.3) is 0 Å². The summed E-state index contributed by atoms with van der Waals surface area (Å²) < 4.78 is 5.65. The van der Waals surface area contributed by atoms with Gasteiger partial charge in [0.1, 0.15) is 11.9 Å². The predicted octanol–water partition coefficient (Wildman–Crippen LogP) is 2.35. The van der Waals surface area contributed by atoms with E-state index < -0.39 is 6.04 Å². The van der Waals surface area contributed by atoms with Crippen molar-refractivity contribution in [2.75, 3.05) is 6.54 Å². The lowest BCUT2D eigenvalue weighted by Gasteiger charge is -2.17. The zero-order chi connectivity index (χ0) is 14.3. The third-order valence-corrected chi connectivity index (χ3v) is 2.90. The van der Waals surface area contributed by atoms with Gasteiger partial charge in [-0.25, -0.2) is 0 Å². The quantitative estimate of drug-likeness (QED) is 0.808.